The number of carbonyl (C=O) groups is 1. The quantitative estimate of drug-likeness (QED) is 0.706. The van der Waals surface area contributed by atoms with Crippen molar-refractivity contribution in [1.82, 2.24) is 0 Å². The number of hydrogen-bond acceptors (Lipinski definition) is 5. The van der Waals surface area contributed by atoms with Gasteiger partial charge < -0.3 is 14.6 Å². The molecule has 1 N–H and O–H groups in total. The second-order valence-electron chi connectivity index (χ2n) is 5.31. The third-order valence-corrected chi connectivity index (χ3v) is 6.13. The van der Waals surface area contributed by atoms with E-state index in [-0.39, 0.29) is 16.3 Å². The molecule has 9 heteroatoms. The van der Waals surface area contributed by atoms with E-state index in [0.29, 0.717) is 10.2 Å². The van der Waals surface area contributed by atoms with Crippen molar-refractivity contribution in [1.29, 1.82) is 0 Å². The topological polar surface area (TPSA) is 93.1 Å². The minimum atomic E-state index is -4.16. The fourth-order valence-corrected chi connectivity index (χ4v) is 4.22. The SMILES string of the molecule is COc1ccc(N(C(C)C(=O)O)S(=O)(=O)c2ccc(Br)cc2)c(OC)c1. The molecule has 0 aliphatic rings. The monoisotopic (exact) mass is 443 g/mol. The first-order valence-corrected chi connectivity index (χ1v) is 9.70. The van der Waals surface area contributed by atoms with Crippen LogP contribution in [-0.2, 0) is 14.8 Å². The lowest BCUT2D eigenvalue weighted by atomic mass is 10.2. The molecule has 0 fully saturated rings. The molecule has 1 unspecified atom stereocenters. The second kappa shape index (κ2) is 7.96. The summed E-state index contributed by atoms with van der Waals surface area (Å²) in [5.74, 6) is -0.656. The molecule has 0 heterocycles. The molecule has 0 amide bonds. The first-order chi connectivity index (χ1) is 12.2. The largest absolute Gasteiger partial charge is 0.497 e. The summed E-state index contributed by atoms with van der Waals surface area (Å²) in [7, 11) is -1.32. The zero-order chi connectivity index (χ0) is 19.5. The average molecular weight is 444 g/mol. The molecule has 0 spiro atoms. The lowest BCUT2D eigenvalue weighted by Crippen LogP contribution is -2.43. The summed E-state index contributed by atoms with van der Waals surface area (Å²) in [6, 6.07) is 9.07. The molecule has 0 saturated carbocycles. The molecule has 140 valence electrons. The first-order valence-electron chi connectivity index (χ1n) is 7.47. The molecular weight excluding hydrogens is 426 g/mol. The standard InChI is InChI=1S/C17H18BrNO6S/c1-11(17(20)21)19(15-9-6-13(24-2)10-16(15)25-3)26(22,23)14-7-4-12(18)5-8-14/h4-11H,1-3H3,(H,20,21). The lowest BCUT2D eigenvalue weighted by molar-refractivity contribution is -0.137. The molecule has 0 aliphatic carbocycles. The minimum absolute atomic E-state index is 0.0355. The summed E-state index contributed by atoms with van der Waals surface area (Å²) in [6.45, 7) is 1.29. The number of halogens is 1. The van der Waals surface area contributed by atoms with Crippen LogP contribution in [0.25, 0.3) is 0 Å². The molecule has 0 aromatic heterocycles. The number of nitrogens with zero attached hydrogens (tertiary/aromatic N) is 1. The summed E-state index contributed by atoms with van der Waals surface area (Å²) in [4.78, 5) is 11.6. The maximum absolute atomic E-state index is 13.2. The van der Waals surface area contributed by atoms with Crippen LogP contribution in [-0.4, -0.2) is 39.8 Å². The van der Waals surface area contributed by atoms with Gasteiger partial charge in [0.2, 0.25) is 0 Å². The van der Waals surface area contributed by atoms with Crippen molar-refractivity contribution in [2.75, 3.05) is 18.5 Å². The van der Waals surface area contributed by atoms with Crippen LogP contribution in [0.5, 0.6) is 11.5 Å². The Bertz CT molecular complexity index is 898. The Balaban J connectivity index is 2.68. The highest BCUT2D eigenvalue weighted by Crippen LogP contribution is 2.37. The third kappa shape index (κ3) is 3.94. The van der Waals surface area contributed by atoms with Gasteiger partial charge in [-0.2, -0.15) is 0 Å². The number of anilines is 1. The fraction of sp³-hybridized carbons (Fsp3) is 0.235. The predicted molar refractivity (Wildman–Crippen MR) is 100 cm³/mol. The van der Waals surface area contributed by atoms with Crippen molar-refractivity contribution < 1.29 is 27.8 Å². The summed E-state index contributed by atoms with van der Waals surface area (Å²) < 4.78 is 38.3. The van der Waals surface area contributed by atoms with Crippen LogP contribution < -0.4 is 13.8 Å². The number of rotatable bonds is 7. The van der Waals surface area contributed by atoms with Gasteiger partial charge in [0.25, 0.3) is 10.0 Å². The molecule has 26 heavy (non-hydrogen) atoms. The van der Waals surface area contributed by atoms with Crippen molar-refractivity contribution in [3.8, 4) is 11.5 Å². The number of carboxylic acids is 1. The van der Waals surface area contributed by atoms with Crippen LogP contribution in [0.2, 0.25) is 0 Å². The molecule has 1 atom stereocenters. The van der Waals surface area contributed by atoms with Crippen molar-refractivity contribution >= 4 is 37.6 Å². The van der Waals surface area contributed by atoms with E-state index in [9.17, 15) is 18.3 Å². The van der Waals surface area contributed by atoms with Crippen molar-refractivity contribution in [2.45, 2.75) is 17.9 Å². The van der Waals surface area contributed by atoms with Crippen LogP contribution in [0.15, 0.2) is 51.8 Å². The first kappa shape index (κ1) is 20.1. The number of sulfonamides is 1. The molecular formula is C17H18BrNO6S. The highest BCUT2D eigenvalue weighted by atomic mass is 79.9. The molecule has 0 aliphatic heterocycles. The van der Waals surface area contributed by atoms with Gasteiger partial charge in [0.05, 0.1) is 24.8 Å². The molecule has 2 aromatic carbocycles. The van der Waals surface area contributed by atoms with E-state index in [0.717, 1.165) is 4.31 Å². The van der Waals surface area contributed by atoms with Gasteiger partial charge in [-0.05, 0) is 43.3 Å². The van der Waals surface area contributed by atoms with E-state index < -0.39 is 22.0 Å². The number of benzene rings is 2. The number of aliphatic carboxylic acids is 1. The Kier molecular flexibility index (Phi) is 6.14. The highest BCUT2D eigenvalue weighted by Gasteiger charge is 2.35. The van der Waals surface area contributed by atoms with E-state index in [1.165, 1.54) is 51.5 Å². The normalized spacial score (nSPS) is 12.3. The molecule has 0 bridgehead atoms. The van der Waals surface area contributed by atoms with Crippen molar-refractivity contribution in [3.05, 3.63) is 46.9 Å². The number of carboxylic acid groups (broad SMARTS) is 1. The summed E-state index contributed by atoms with van der Waals surface area (Å²) in [5.41, 5.74) is 0.103. The van der Waals surface area contributed by atoms with Gasteiger partial charge in [-0.25, -0.2) is 17.5 Å². The Morgan fingerprint density at radius 2 is 1.73 bits per heavy atom. The Hall–Kier alpha value is -2.26. The van der Waals surface area contributed by atoms with Crippen molar-refractivity contribution in [3.63, 3.8) is 0 Å². The van der Waals surface area contributed by atoms with Gasteiger partial charge in [0.1, 0.15) is 17.5 Å². The Morgan fingerprint density at radius 1 is 1.12 bits per heavy atom. The number of methoxy groups -OCH3 is 2. The zero-order valence-corrected chi connectivity index (χ0v) is 16.7. The predicted octanol–water partition coefficient (Wildman–Crippen LogP) is 3.13. The molecule has 2 rings (SSSR count). The third-order valence-electron chi connectivity index (χ3n) is 3.70. The zero-order valence-electron chi connectivity index (χ0n) is 14.3. The van der Waals surface area contributed by atoms with E-state index in [2.05, 4.69) is 15.9 Å². The van der Waals surface area contributed by atoms with Crippen LogP contribution in [0.4, 0.5) is 5.69 Å². The molecule has 0 saturated heterocycles. The van der Waals surface area contributed by atoms with Crippen molar-refractivity contribution in [2.24, 2.45) is 0 Å². The lowest BCUT2D eigenvalue weighted by Gasteiger charge is -2.29. The highest BCUT2D eigenvalue weighted by molar-refractivity contribution is 9.10. The summed E-state index contributed by atoms with van der Waals surface area (Å²) in [5, 5.41) is 9.45. The van der Waals surface area contributed by atoms with Crippen LogP contribution in [0.1, 0.15) is 6.92 Å². The number of hydrogen-bond donors (Lipinski definition) is 1. The van der Waals surface area contributed by atoms with E-state index >= 15 is 0 Å². The molecule has 2 aromatic rings. The fourth-order valence-electron chi connectivity index (χ4n) is 2.33. The Morgan fingerprint density at radius 3 is 2.23 bits per heavy atom. The van der Waals surface area contributed by atoms with Crippen LogP contribution in [0.3, 0.4) is 0 Å². The van der Waals surface area contributed by atoms with Gasteiger partial charge in [-0.15, -0.1) is 0 Å². The van der Waals surface area contributed by atoms with E-state index in [1.54, 1.807) is 12.1 Å². The van der Waals surface area contributed by atoms with Gasteiger partial charge >= 0.3 is 5.97 Å². The van der Waals surface area contributed by atoms with Crippen LogP contribution >= 0.6 is 15.9 Å². The van der Waals surface area contributed by atoms with Gasteiger partial charge in [0.15, 0.2) is 0 Å². The summed E-state index contributed by atoms with van der Waals surface area (Å²) >= 11 is 3.25. The van der Waals surface area contributed by atoms with E-state index in [4.69, 9.17) is 9.47 Å². The number of ether oxygens (including phenoxy) is 2. The van der Waals surface area contributed by atoms with Gasteiger partial charge in [-0.1, -0.05) is 15.9 Å². The van der Waals surface area contributed by atoms with Gasteiger partial charge in [-0.3, -0.25) is 0 Å². The summed E-state index contributed by atoms with van der Waals surface area (Å²) in [6.07, 6.45) is 0. The maximum atomic E-state index is 13.2. The Labute approximate surface area is 160 Å². The van der Waals surface area contributed by atoms with E-state index in [1.807, 2.05) is 0 Å². The maximum Gasteiger partial charge on any atom is 0.327 e. The smallest absolute Gasteiger partial charge is 0.327 e. The molecule has 0 radical (unpaired) electrons. The van der Waals surface area contributed by atoms with Crippen LogP contribution in [0, 0.1) is 0 Å². The average Bonchev–Trinajstić information content (AvgIpc) is 2.62. The minimum Gasteiger partial charge on any atom is -0.497 e. The second-order valence-corrected chi connectivity index (χ2v) is 8.04. The van der Waals surface area contributed by atoms with Gasteiger partial charge in [0, 0.05) is 10.5 Å². The molecule has 7 nitrogen and oxygen atoms in total.